The van der Waals surface area contributed by atoms with Crippen LogP contribution in [0.3, 0.4) is 0 Å². The van der Waals surface area contributed by atoms with Gasteiger partial charge < -0.3 is 14.5 Å². The third kappa shape index (κ3) is 3.98. The summed E-state index contributed by atoms with van der Waals surface area (Å²) >= 11 is 0. The minimum atomic E-state index is -5.65. The summed E-state index contributed by atoms with van der Waals surface area (Å²) in [6.07, 6.45) is -0.291. The van der Waals surface area contributed by atoms with Crippen molar-refractivity contribution in [3.8, 4) is 0 Å². The van der Waals surface area contributed by atoms with Crippen molar-refractivity contribution in [1.82, 2.24) is 4.90 Å². The van der Waals surface area contributed by atoms with E-state index in [1.165, 1.54) is 4.90 Å². The van der Waals surface area contributed by atoms with E-state index in [4.69, 9.17) is 4.74 Å². The zero-order valence-corrected chi connectivity index (χ0v) is 14.0. The Kier molecular flexibility index (Phi) is 5.41. The lowest BCUT2D eigenvalue weighted by atomic mass is 10.2. The first-order valence-electron chi connectivity index (χ1n) is 7.14. The fraction of sp³-hybridized carbons (Fsp3) is 0.571. The molecule has 0 saturated carbocycles. The Balaban J connectivity index is 2.41. The van der Waals surface area contributed by atoms with Crippen LogP contribution < -0.4 is 4.90 Å². The van der Waals surface area contributed by atoms with E-state index in [2.05, 4.69) is 0 Å². The number of nitrogens with zero attached hydrogens (tertiary/aromatic N) is 2. The molecule has 0 radical (unpaired) electrons. The van der Waals surface area contributed by atoms with Crippen molar-refractivity contribution in [3.05, 3.63) is 24.0 Å². The SMILES string of the molecule is CN(C)CC1CN(c2ccc(F)cc2S(=O)(=O)C(F)(F)F)CCO1. The molecular weight excluding hydrogens is 352 g/mol. The molecule has 0 aromatic heterocycles. The van der Waals surface area contributed by atoms with Crippen molar-refractivity contribution in [3.63, 3.8) is 0 Å². The molecule has 1 fully saturated rings. The molecule has 0 N–H and O–H groups in total. The summed E-state index contributed by atoms with van der Waals surface area (Å²) in [6, 6.07) is 2.42. The molecule has 24 heavy (non-hydrogen) atoms. The number of anilines is 1. The number of halogens is 4. The van der Waals surface area contributed by atoms with E-state index in [0.717, 1.165) is 12.1 Å². The molecule has 5 nitrogen and oxygen atoms in total. The number of ether oxygens (including phenoxy) is 1. The number of morpholine rings is 1. The molecule has 1 aromatic carbocycles. The van der Waals surface area contributed by atoms with Gasteiger partial charge in [0.2, 0.25) is 0 Å². The first-order chi connectivity index (χ1) is 11.0. The monoisotopic (exact) mass is 370 g/mol. The Bertz CT molecular complexity index is 692. The molecule has 1 heterocycles. The summed E-state index contributed by atoms with van der Waals surface area (Å²) in [5.41, 5.74) is -5.66. The highest BCUT2D eigenvalue weighted by Crippen LogP contribution is 2.36. The third-order valence-electron chi connectivity index (χ3n) is 3.56. The van der Waals surface area contributed by atoms with Crippen molar-refractivity contribution in [2.75, 3.05) is 45.2 Å². The van der Waals surface area contributed by atoms with E-state index in [0.29, 0.717) is 12.6 Å². The van der Waals surface area contributed by atoms with Gasteiger partial charge in [-0.3, -0.25) is 0 Å². The molecule has 1 aliphatic rings. The molecular formula is C14H18F4N2O3S. The Morgan fingerprint density at radius 3 is 2.58 bits per heavy atom. The van der Waals surface area contributed by atoms with Gasteiger partial charge in [0.05, 0.1) is 18.4 Å². The second kappa shape index (κ2) is 6.85. The Labute approximate surface area is 137 Å². The molecule has 0 bridgehead atoms. The summed E-state index contributed by atoms with van der Waals surface area (Å²) in [5, 5.41) is 0. The smallest absolute Gasteiger partial charge is 0.373 e. The fourth-order valence-corrected chi connectivity index (χ4v) is 3.53. The van der Waals surface area contributed by atoms with Crippen LogP contribution >= 0.6 is 0 Å². The molecule has 1 atom stereocenters. The van der Waals surface area contributed by atoms with Gasteiger partial charge in [-0.2, -0.15) is 13.2 Å². The minimum absolute atomic E-state index is 0.166. The minimum Gasteiger partial charge on any atom is -0.373 e. The van der Waals surface area contributed by atoms with Crippen LogP contribution in [0.5, 0.6) is 0 Å². The van der Waals surface area contributed by atoms with E-state index in [1.807, 2.05) is 19.0 Å². The predicted molar refractivity (Wildman–Crippen MR) is 80.1 cm³/mol. The maximum atomic E-state index is 13.4. The molecule has 1 saturated heterocycles. The molecule has 10 heteroatoms. The lowest BCUT2D eigenvalue weighted by Crippen LogP contribution is -2.47. The van der Waals surface area contributed by atoms with Crippen LogP contribution in [0.1, 0.15) is 0 Å². The van der Waals surface area contributed by atoms with Crippen molar-refractivity contribution >= 4 is 15.5 Å². The van der Waals surface area contributed by atoms with E-state index in [1.54, 1.807) is 0 Å². The number of hydrogen-bond acceptors (Lipinski definition) is 5. The van der Waals surface area contributed by atoms with Crippen LogP contribution in [0.15, 0.2) is 23.1 Å². The fourth-order valence-electron chi connectivity index (χ4n) is 2.55. The van der Waals surface area contributed by atoms with Crippen molar-refractivity contribution in [2.24, 2.45) is 0 Å². The van der Waals surface area contributed by atoms with Crippen LogP contribution in [0.4, 0.5) is 23.2 Å². The number of rotatable bonds is 4. The molecule has 2 rings (SSSR count). The number of sulfone groups is 1. The number of likely N-dealkylation sites (N-methyl/N-ethyl adjacent to an activating group) is 1. The quantitative estimate of drug-likeness (QED) is 0.758. The largest absolute Gasteiger partial charge is 0.501 e. The molecule has 136 valence electrons. The van der Waals surface area contributed by atoms with Gasteiger partial charge in [0.25, 0.3) is 9.84 Å². The Morgan fingerprint density at radius 2 is 2.00 bits per heavy atom. The van der Waals surface area contributed by atoms with E-state index < -0.39 is 26.1 Å². The van der Waals surface area contributed by atoms with Gasteiger partial charge in [0, 0.05) is 19.6 Å². The van der Waals surface area contributed by atoms with Crippen molar-refractivity contribution in [2.45, 2.75) is 16.5 Å². The average molecular weight is 370 g/mol. The van der Waals surface area contributed by atoms with Gasteiger partial charge in [-0.15, -0.1) is 0 Å². The van der Waals surface area contributed by atoms with Gasteiger partial charge >= 0.3 is 5.51 Å². The summed E-state index contributed by atoms with van der Waals surface area (Å²) in [4.78, 5) is 2.27. The topological polar surface area (TPSA) is 49.9 Å². The standard InChI is InChI=1S/C14H18F4N2O3S/c1-19(2)8-11-9-20(5-6-23-11)12-4-3-10(15)7-13(12)24(21,22)14(16,17)18/h3-4,7,11H,5-6,8-9H2,1-2H3. The van der Waals surface area contributed by atoms with E-state index in [9.17, 15) is 26.0 Å². The molecule has 0 aliphatic carbocycles. The van der Waals surface area contributed by atoms with Crippen LogP contribution in [0.2, 0.25) is 0 Å². The first kappa shape index (κ1) is 18.9. The van der Waals surface area contributed by atoms with Crippen molar-refractivity contribution in [1.29, 1.82) is 0 Å². The van der Waals surface area contributed by atoms with E-state index in [-0.39, 0.29) is 31.5 Å². The zero-order chi connectivity index (χ0) is 18.1. The summed E-state index contributed by atoms with van der Waals surface area (Å²) in [7, 11) is -2.01. The molecule has 0 amide bonds. The highest BCUT2D eigenvalue weighted by Gasteiger charge is 2.48. The summed E-state index contributed by atoms with van der Waals surface area (Å²) in [6.45, 7) is 1.20. The summed E-state index contributed by atoms with van der Waals surface area (Å²) in [5.74, 6) is -1.04. The molecule has 1 aliphatic heterocycles. The molecule has 0 spiro atoms. The number of alkyl halides is 3. The number of hydrogen-bond donors (Lipinski definition) is 0. The first-order valence-corrected chi connectivity index (χ1v) is 8.63. The Morgan fingerprint density at radius 1 is 1.33 bits per heavy atom. The van der Waals surface area contributed by atoms with Crippen LogP contribution in [0, 0.1) is 5.82 Å². The van der Waals surface area contributed by atoms with Crippen molar-refractivity contribution < 1.29 is 30.7 Å². The molecule has 1 unspecified atom stereocenters. The maximum Gasteiger partial charge on any atom is 0.501 e. The van der Waals surface area contributed by atoms with Gasteiger partial charge in [-0.1, -0.05) is 0 Å². The third-order valence-corrected chi connectivity index (χ3v) is 5.08. The summed E-state index contributed by atoms with van der Waals surface area (Å²) < 4.78 is 81.1. The van der Waals surface area contributed by atoms with Crippen LogP contribution in [-0.2, 0) is 14.6 Å². The Hall–Kier alpha value is -1.39. The van der Waals surface area contributed by atoms with Gasteiger partial charge in [-0.05, 0) is 32.3 Å². The van der Waals surface area contributed by atoms with E-state index >= 15 is 0 Å². The van der Waals surface area contributed by atoms with Gasteiger partial charge in [0.15, 0.2) is 0 Å². The second-order valence-electron chi connectivity index (χ2n) is 5.76. The zero-order valence-electron chi connectivity index (χ0n) is 13.2. The lowest BCUT2D eigenvalue weighted by molar-refractivity contribution is -0.0436. The maximum absolute atomic E-state index is 13.4. The highest BCUT2D eigenvalue weighted by atomic mass is 32.2. The normalized spacial score (nSPS) is 19.8. The lowest BCUT2D eigenvalue weighted by Gasteiger charge is -2.36. The van der Waals surface area contributed by atoms with Gasteiger partial charge in [0.1, 0.15) is 10.7 Å². The average Bonchev–Trinajstić information content (AvgIpc) is 2.45. The highest BCUT2D eigenvalue weighted by molar-refractivity contribution is 7.92. The predicted octanol–water partition coefficient (Wildman–Crippen LogP) is 1.89. The molecule has 1 aromatic rings. The van der Waals surface area contributed by atoms with Gasteiger partial charge in [-0.25, -0.2) is 12.8 Å². The number of benzene rings is 1. The van der Waals surface area contributed by atoms with Crippen LogP contribution in [0.25, 0.3) is 0 Å². The van der Waals surface area contributed by atoms with Crippen LogP contribution in [-0.4, -0.2) is 65.3 Å². The second-order valence-corrected chi connectivity index (χ2v) is 7.67.